The van der Waals surface area contributed by atoms with Crippen molar-refractivity contribution in [3.05, 3.63) is 30.4 Å². The molecule has 3 aromatic rings. The first-order chi connectivity index (χ1) is 7.34. The standard InChI is InChI=1S/C8H7N7/c1-6-9-4-5-14(6)8-3-2-7-10-12-13-15(7)11-8/h2-5H,1H3. The average Bonchev–Trinajstić information content (AvgIpc) is 2.84. The van der Waals surface area contributed by atoms with Gasteiger partial charge < -0.3 is 0 Å². The van der Waals surface area contributed by atoms with Crippen LogP contribution in [0.2, 0.25) is 0 Å². The highest BCUT2D eigenvalue weighted by molar-refractivity contribution is 5.37. The van der Waals surface area contributed by atoms with E-state index in [1.54, 1.807) is 6.20 Å². The van der Waals surface area contributed by atoms with Gasteiger partial charge in [0.2, 0.25) is 0 Å². The molecule has 0 N–H and O–H groups in total. The minimum absolute atomic E-state index is 0.622. The Kier molecular flexibility index (Phi) is 1.52. The summed E-state index contributed by atoms with van der Waals surface area (Å²) in [6.45, 7) is 1.91. The van der Waals surface area contributed by atoms with Gasteiger partial charge in [-0.05, 0) is 29.5 Å². The molecule has 0 bridgehead atoms. The lowest BCUT2D eigenvalue weighted by atomic mass is 10.5. The van der Waals surface area contributed by atoms with Gasteiger partial charge in [-0.25, -0.2) is 4.98 Å². The van der Waals surface area contributed by atoms with E-state index in [0.29, 0.717) is 5.65 Å². The smallest absolute Gasteiger partial charge is 0.200 e. The molecule has 0 aromatic carbocycles. The van der Waals surface area contributed by atoms with Gasteiger partial charge in [-0.15, -0.1) is 14.8 Å². The van der Waals surface area contributed by atoms with Crippen LogP contribution in [-0.2, 0) is 0 Å². The number of hydrogen-bond donors (Lipinski definition) is 0. The van der Waals surface area contributed by atoms with Crippen LogP contribution in [0.15, 0.2) is 24.5 Å². The van der Waals surface area contributed by atoms with Crippen LogP contribution in [0.5, 0.6) is 0 Å². The third-order valence-corrected chi connectivity index (χ3v) is 2.13. The summed E-state index contributed by atoms with van der Waals surface area (Å²) >= 11 is 0. The van der Waals surface area contributed by atoms with E-state index in [1.807, 2.05) is 29.8 Å². The molecule has 0 aliphatic rings. The summed E-state index contributed by atoms with van der Waals surface area (Å²) < 4.78 is 3.25. The van der Waals surface area contributed by atoms with Gasteiger partial charge in [-0.3, -0.25) is 4.57 Å². The number of fused-ring (bicyclic) bond motifs is 1. The molecule has 7 nitrogen and oxygen atoms in total. The van der Waals surface area contributed by atoms with Crippen LogP contribution in [0.4, 0.5) is 0 Å². The van der Waals surface area contributed by atoms with E-state index in [2.05, 4.69) is 25.6 Å². The van der Waals surface area contributed by atoms with E-state index in [0.717, 1.165) is 11.6 Å². The molecule has 0 fully saturated rings. The van der Waals surface area contributed by atoms with E-state index in [4.69, 9.17) is 0 Å². The number of aryl methyl sites for hydroxylation is 1. The van der Waals surface area contributed by atoms with Crippen molar-refractivity contribution in [2.24, 2.45) is 0 Å². The summed E-state index contributed by atoms with van der Waals surface area (Å²) in [5.74, 6) is 1.61. The molecule has 3 rings (SSSR count). The SMILES string of the molecule is Cc1nccn1-c1ccc2nnnn2n1. The number of rotatable bonds is 1. The zero-order valence-electron chi connectivity index (χ0n) is 7.94. The highest BCUT2D eigenvalue weighted by Gasteiger charge is 2.04. The monoisotopic (exact) mass is 201 g/mol. The molecule has 7 heteroatoms. The molecule has 3 heterocycles. The fraction of sp³-hybridized carbons (Fsp3) is 0.125. The van der Waals surface area contributed by atoms with Gasteiger partial charge in [-0.1, -0.05) is 0 Å². The summed E-state index contributed by atoms with van der Waals surface area (Å²) in [6, 6.07) is 3.65. The molecule has 0 atom stereocenters. The molecule has 0 radical (unpaired) electrons. The Bertz CT molecular complexity index is 608. The van der Waals surface area contributed by atoms with Crippen LogP contribution in [0.3, 0.4) is 0 Å². The minimum Gasteiger partial charge on any atom is -0.287 e. The Hall–Kier alpha value is -2.31. The van der Waals surface area contributed by atoms with E-state index in [1.165, 1.54) is 4.63 Å². The van der Waals surface area contributed by atoms with E-state index >= 15 is 0 Å². The number of nitrogens with zero attached hydrogens (tertiary/aromatic N) is 7. The maximum Gasteiger partial charge on any atom is 0.200 e. The molecule has 3 aromatic heterocycles. The third kappa shape index (κ3) is 1.17. The average molecular weight is 201 g/mol. The van der Waals surface area contributed by atoms with Gasteiger partial charge in [0, 0.05) is 12.4 Å². The molecule has 0 aliphatic carbocycles. The quantitative estimate of drug-likeness (QED) is 0.554. The molecule has 0 aliphatic heterocycles. The second kappa shape index (κ2) is 2.84. The van der Waals surface area contributed by atoms with Crippen molar-refractivity contribution in [1.82, 2.24) is 34.8 Å². The Balaban J connectivity index is 2.23. The maximum atomic E-state index is 4.24. The molecule has 0 spiro atoms. The van der Waals surface area contributed by atoms with E-state index in [-0.39, 0.29) is 0 Å². The van der Waals surface area contributed by atoms with Gasteiger partial charge in [-0.2, -0.15) is 0 Å². The molecule has 15 heavy (non-hydrogen) atoms. The van der Waals surface area contributed by atoms with Gasteiger partial charge in [0.15, 0.2) is 11.5 Å². The van der Waals surface area contributed by atoms with Crippen LogP contribution >= 0.6 is 0 Å². The topological polar surface area (TPSA) is 73.8 Å². The zero-order valence-corrected chi connectivity index (χ0v) is 7.94. The Morgan fingerprint density at radius 1 is 1.27 bits per heavy atom. The van der Waals surface area contributed by atoms with Gasteiger partial charge in [0.05, 0.1) is 0 Å². The van der Waals surface area contributed by atoms with E-state index < -0.39 is 0 Å². The predicted molar refractivity (Wildman–Crippen MR) is 50.4 cm³/mol. The van der Waals surface area contributed by atoms with Crippen LogP contribution in [-0.4, -0.2) is 34.8 Å². The second-order valence-corrected chi connectivity index (χ2v) is 3.06. The third-order valence-electron chi connectivity index (χ3n) is 2.13. The van der Waals surface area contributed by atoms with Crippen molar-refractivity contribution in [2.45, 2.75) is 6.92 Å². The lowest BCUT2D eigenvalue weighted by Crippen LogP contribution is -2.03. The Morgan fingerprint density at radius 2 is 2.20 bits per heavy atom. The fourth-order valence-electron chi connectivity index (χ4n) is 1.39. The maximum absolute atomic E-state index is 4.24. The van der Waals surface area contributed by atoms with Crippen LogP contribution in [0.1, 0.15) is 5.82 Å². The molecular formula is C8H7N7. The molecule has 0 amide bonds. The molecule has 0 unspecified atom stereocenters. The van der Waals surface area contributed by atoms with Crippen LogP contribution < -0.4 is 0 Å². The second-order valence-electron chi connectivity index (χ2n) is 3.06. The van der Waals surface area contributed by atoms with Crippen LogP contribution in [0, 0.1) is 6.92 Å². The van der Waals surface area contributed by atoms with Crippen molar-refractivity contribution >= 4 is 5.65 Å². The number of tetrazole rings is 1. The molecule has 0 saturated carbocycles. The minimum atomic E-state index is 0.622. The zero-order chi connectivity index (χ0) is 10.3. The molecular weight excluding hydrogens is 194 g/mol. The summed E-state index contributed by atoms with van der Waals surface area (Å²) in [6.07, 6.45) is 3.56. The number of aromatic nitrogens is 7. The first-order valence-electron chi connectivity index (χ1n) is 4.40. The summed E-state index contributed by atoms with van der Waals surface area (Å²) in [7, 11) is 0. The highest BCUT2D eigenvalue weighted by atomic mass is 15.6. The molecule has 74 valence electrons. The van der Waals surface area contributed by atoms with Crippen molar-refractivity contribution < 1.29 is 0 Å². The summed E-state index contributed by atoms with van der Waals surface area (Å²) in [5.41, 5.74) is 0.622. The summed E-state index contributed by atoms with van der Waals surface area (Å²) in [4.78, 5) is 4.12. The first-order valence-corrected chi connectivity index (χ1v) is 4.40. The van der Waals surface area contributed by atoms with E-state index in [9.17, 15) is 0 Å². The largest absolute Gasteiger partial charge is 0.287 e. The van der Waals surface area contributed by atoms with Crippen LogP contribution in [0.25, 0.3) is 11.5 Å². The van der Waals surface area contributed by atoms with Crippen molar-refractivity contribution in [3.63, 3.8) is 0 Å². The Morgan fingerprint density at radius 3 is 3.00 bits per heavy atom. The van der Waals surface area contributed by atoms with Crippen molar-refractivity contribution in [1.29, 1.82) is 0 Å². The van der Waals surface area contributed by atoms with Gasteiger partial charge >= 0.3 is 0 Å². The highest BCUT2D eigenvalue weighted by Crippen LogP contribution is 2.06. The predicted octanol–water partition coefficient (Wildman–Crippen LogP) is 0.0134. The number of imidazole rings is 1. The van der Waals surface area contributed by atoms with Crippen molar-refractivity contribution in [3.8, 4) is 5.82 Å². The Labute approximate surface area is 84.4 Å². The van der Waals surface area contributed by atoms with Crippen molar-refractivity contribution in [2.75, 3.05) is 0 Å². The summed E-state index contributed by atoms with van der Waals surface area (Å²) in [5, 5.41) is 15.3. The lowest BCUT2D eigenvalue weighted by molar-refractivity contribution is 0.714. The fourth-order valence-corrected chi connectivity index (χ4v) is 1.39. The normalized spacial score (nSPS) is 11.0. The first kappa shape index (κ1) is 8.04. The number of hydrogen-bond acceptors (Lipinski definition) is 5. The van der Waals surface area contributed by atoms with Gasteiger partial charge in [0.25, 0.3) is 0 Å². The molecule has 0 saturated heterocycles. The van der Waals surface area contributed by atoms with Gasteiger partial charge in [0.1, 0.15) is 5.82 Å². The lowest BCUT2D eigenvalue weighted by Gasteiger charge is -2.02.